The van der Waals surface area contributed by atoms with Crippen LogP contribution in [0.2, 0.25) is 5.02 Å². The lowest BCUT2D eigenvalue weighted by molar-refractivity contribution is 0.0919. The summed E-state index contributed by atoms with van der Waals surface area (Å²) >= 11 is 6.03. The predicted molar refractivity (Wildman–Crippen MR) is 142 cm³/mol. The van der Waals surface area contributed by atoms with Crippen molar-refractivity contribution in [1.82, 2.24) is 24.4 Å². The second kappa shape index (κ2) is 10.1. The fourth-order valence-electron chi connectivity index (χ4n) is 5.05. The van der Waals surface area contributed by atoms with Gasteiger partial charge in [-0.05, 0) is 68.9 Å². The number of hydrogen-bond donors (Lipinski definition) is 2. The standard InChI is InChI=1S/C27H29ClN6O2/c1-17-22(13-19(28)14-30-17)26(35)32-20-9-7-18(8-10-20)16-33-23-5-3-4-6-24(23)34(27(33)36)21-11-12-25(29-2)31-15-21/h3-6,11-15,18,20H,7-10,16H2,1-2H3,(H,29,31)(H,32,35)/t18-,20-. The number of amides is 1. The largest absolute Gasteiger partial charge is 0.373 e. The number of pyridine rings is 2. The Morgan fingerprint density at radius 3 is 2.50 bits per heavy atom. The highest BCUT2D eigenvalue weighted by Gasteiger charge is 2.25. The van der Waals surface area contributed by atoms with Crippen molar-refractivity contribution in [3.63, 3.8) is 0 Å². The number of hydrogen-bond acceptors (Lipinski definition) is 5. The van der Waals surface area contributed by atoms with Crippen molar-refractivity contribution in [2.24, 2.45) is 5.92 Å². The van der Waals surface area contributed by atoms with E-state index in [9.17, 15) is 9.59 Å². The second-order valence-electron chi connectivity index (χ2n) is 9.35. The van der Waals surface area contributed by atoms with Crippen LogP contribution in [0.5, 0.6) is 0 Å². The quantitative estimate of drug-likeness (QED) is 0.401. The predicted octanol–water partition coefficient (Wildman–Crippen LogP) is 4.57. The van der Waals surface area contributed by atoms with Crippen LogP contribution < -0.4 is 16.3 Å². The van der Waals surface area contributed by atoms with Gasteiger partial charge in [0.05, 0.1) is 39.2 Å². The van der Waals surface area contributed by atoms with Crippen molar-refractivity contribution in [2.75, 3.05) is 12.4 Å². The summed E-state index contributed by atoms with van der Waals surface area (Å²) < 4.78 is 3.61. The highest BCUT2D eigenvalue weighted by atomic mass is 35.5. The number of carbonyl (C=O) groups is 1. The number of fused-ring (bicyclic) bond motifs is 1. The number of para-hydroxylation sites is 2. The van der Waals surface area contributed by atoms with E-state index >= 15 is 0 Å². The van der Waals surface area contributed by atoms with E-state index in [0.29, 0.717) is 28.7 Å². The zero-order chi connectivity index (χ0) is 25.2. The first-order valence-electron chi connectivity index (χ1n) is 12.2. The van der Waals surface area contributed by atoms with Gasteiger partial charge in [0.15, 0.2) is 0 Å². The second-order valence-corrected chi connectivity index (χ2v) is 9.78. The molecule has 5 rings (SSSR count). The van der Waals surface area contributed by atoms with Crippen LogP contribution in [0.3, 0.4) is 0 Å². The molecule has 3 aromatic heterocycles. The lowest BCUT2D eigenvalue weighted by Crippen LogP contribution is -2.39. The number of rotatable bonds is 6. The lowest BCUT2D eigenvalue weighted by atomic mass is 9.85. The molecule has 1 fully saturated rings. The molecule has 0 unspecified atom stereocenters. The maximum absolute atomic E-state index is 13.6. The molecular weight excluding hydrogens is 476 g/mol. The van der Waals surface area contributed by atoms with E-state index in [1.165, 1.54) is 0 Å². The third-order valence-electron chi connectivity index (χ3n) is 7.02. The summed E-state index contributed by atoms with van der Waals surface area (Å²) in [7, 11) is 1.82. The normalized spacial score (nSPS) is 17.8. The summed E-state index contributed by atoms with van der Waals surface area (Å²) in [4.78, 5) is 34.9. The van der Waals surface area contributed by atoms with Gasteiger partial charge in [0.25, 0.3) is 5.91 Å². The first-order chi connectivity index (χ1) is 17.4. The lowest BCUT2D eigenvalue weighted by Gasteiger charge is -2.29. The third-order valence-corrected chi connectivity index (χ3v) is 7.23. The Balaban J connectivity index is 1.30. The zero-order valence-corrected chi connectivity index (χ0v) is 21.1. The maximum atomic E-state index is 13.6. The van der Waals surface area contributed by atoms with E-state index in [1.807, 2.05) is 48.0 Å². The molecule has 8 nitrogen and oxygen atoms in total. The van der Waals surface area contributed by atoms with Gasteiger partial charge >= 0.3 is 5.69 Å². The van der Waals surface area contributed by atoms with E-state index < -0.39 is 0 Å². The van der Waals surface area contributed by atoms with E-state index in [-0.39, 0.29) is 17.6 Å². The van der Waals surface area contributed by atoms with Gasteiger partial charge in [0.1, 0.15) is 5.82 Å². The topological polar surface area (TPSA) is 93.8 Å². The monoisotopic (exact) mass is 504 g/mol. The van der Waals surface area contributed by atoms with E-state index in [1.54, 1.807) is 30.0 Å². The molecule has 36 heavy (non-hydrogen) atoms. The molecule has 1 saturated carbocycles. The molecule has 186 valence electrons. The molecule has 1 aliphatic rings. The van der Waals surface area contributed by atoms with Gasteiger partial charge in [0.2, 0.25) is 0 Å². The minimum Gasteiger partial charge on any atom is -0.373 e. The van der Waals surface area contributed by atoms with Crippen molar-refractivity contribution in [1.29, 1.82) is 0 Å². The Morgan fingerprint density at radius 2 is 1.81 bits per heavy atom. The Labute approximate surface area is 214 Å². The van der Waals surface area contributed by atoms with Crippen LogP contribution in [0, 0.1) is 12.8 Å². The molecule has 0 spiro atoms. The Bertz CT molecular complexity index is 1450. The molecule has 1 aromatic carbocycles. The maximum Gasteiger partial charge on any atom is 0.333 e. The van der Waals surface area contributed by atoms with Crippen molar-refractivity contribution >= 4 is 34.4 Å². The molecule has 1 aliphatic carbocycles. The number of benzene rings is 1. The third kappa shape index (κ3) is 4.73. The van der Waals surface area contributed by atoms with Gasteiger partial charge in [0, 0.05) is 25.8 Å². The fourth-order valence-corrected chi connectivity index (χ4v) is 5.21. The number of anilines is 1. The van der Waals surface area contributed by atoms with Crippen LogP contribution in [0.4, 0.5) is 5.82 Å². The summed E-state index contributed by atoms with van der Waals surface area (Å²) in [6.07, 6.45) is 6.86. The average Bonchev–Trinajstić information content (AvgIpc) is 3.17. The molecule has 1 amide bonds. The van der Waals surface area contributed by atoms with Gasteiger partial charge in [-0.2, -0.15) is 0 Å². The molecule has 9 heteroatoms. The smallest absolute Gasteiger partial charge is 0.333 e. The number of halogens is 1. The van der Waals surface area contributed by atoms with Crippen LogP contribution in [0.1, 0.15) is 41.7 Å². The number of aromatic nitrogens is 4. The number of nitrogens with one attached hydrogen (secondary N) is 2. The van der Waals surface area contributed by atoms with E-state index in [4.69, 9.17) is 11.6 Å². The SMILES string of the molecule is CNc1ccc(-n2c(=O)n(C[C@H]3CC[C@H](NC(=O)c4cc(Cl)cnc4C)CC3)c3ccccc32)cn1. The highest BCUT2D eigenvalue weighted by molar-refractivity contribution is 6.30. The van der Waals surface area contributed by atoms with Crippen LogP contribution >= 0.6 is 11.6 Å². The molecular formula is C27H29ClN6O2. The highest BCUT2D eigenvalue weighted by Crippen LogP contribution is 2.28. The Morgan fingerprint density at radius 1 is 1.06 bits per heavy atom. The number of aryl methyl sites for hydroxylation is 1. The van der Waals surface area contributed by atoms with Crippen LogP contribution in [0.15, 0.2) is 59.7 Å². The first kappa shape index (κ1) is 24.1. The van der Waals surface area contributed by atoms with E-state index in [2.05, 4.69) is 20.6 Å². The van der Waals surface area contributed by atoms with Gasteiger partial charge in [-0.25, -0.2) is 9.78 Å². The molecule has 0 atom stereocenters. The van der Waals surface area contributed by atoms with Crippen LogP contribution in [-0.4, -0.2) is 38.1 Å². The minimum atomic E-state index is -0.136. The average molecular weight is 505 g/mol. The van der Waals surface area contributed by atoms with Crippen LogP contribution in [0.25, 0.3) is 16.7 Å². The van der Waals surface area contributed by atoms with Crippen molar-refractivity contribution in [3.05, 3.63) is 81.6 Å². The summed E-state index contributed by atoms with van der Waals surface area (Å²) in [6.45, 7) is 2.45. The summed E-state index contributed by atoms with van der Waals surface area (Å²) in [5, 5.41) is 6.60. The molecule has 4 aromatic rings. The van der Waals surface area contributed by atoms with Gasteiger partial charge in [-0.1, -0.05) is 23.7 Å². The fraction of sp³-hybridized carbons (Fsp3) is 0.333. The summed E-state index contributed by atoms with van der Waals surface area (Å²) in [5.74, 6) is 0.971. The number of imidazole rings is 1. The van der Waals surface area contributed by atoms with Crippen molar-refractivity contribution < 1.29 is 4.79 Å². The Hall–Kier alpha value is -3.65. The number of nitrogens with zero attached hydrogens (tertiary/aromatic N) is 4. The molecule has 3 heterocycles. The van der Waals surface area contributed by atoms with Crippen molar-refractivity contribution in [2.45, 2.75) is 45.2 Å². The van der Waals surface area contributed by atoms with Gasteiger partial charge in [-0.3, -0.25) is 18.9 Å². The number of carbonyl (C=O) groups excluding carboxylic acids is 1. The molecule has 0 bridgehead atoms. The van der Waals surface area contributed by atoms with E-state index in [0.717, 1.165) is 48.2 Å². The van der Waals surface area contributed by atoms with Crippen LogP contribution in [-0.2, 0) is 6.54 Å². The van der Waals surface area contributed by atoms with Gasteiger partial charge < -0.3 is 10.6 Å². The molecule has 0 saturated heterocycles. The van der Waals surface area contributed by atoms with Gasteiger partial charge in [-0.15, -0.1) is 0 Å². The zero-order valence-electron chi connectivity index (χ0n) is 20.4. The summed E-state index contributed by atoms with van der Waals surface area (Å²) in [5.41, 5.74) is 3.65. The Kier molecular flexibility index (Phi) is 6.78. The molecule has 0 aliphatic heterocycles. The molecule has 2 N–H and O–H groups in total. The first-order valence-corrected chi connectivity index (χ1v) is 12.6. The molecule has 0 radical (unpaired) electrons. The van der Waals surface area contributed by atoms with Crippen molar-refractivity contribution in [3.8, 4) is 5.69 Å². The minimum absolute atomic E-state index is 0.0606. The summed E-state index contributed by atoms with van der Waals surface area (Å²) in [6, 6.07) is 13.4.